The summed E-state index contributed by atoms with van der Waals surface area (Å²) in [6.45, 7) is 4.17. The molecule has 0 heterocycles. The van der Waals surface area contributed by atoms with Gasteiger partial charge in [0.1, 0.15) is 11.9 Å². The Bertz CT molecular complexity index is 339. The zero-order valence-electron chi connectivity index (χ0n) is 9.74. The molecule has 0 saturated carbocycles. The molecule has 0 amide bonds. The molecule has 4 heteroatoms. The minimum atomic E-state index is -0.544. The number of ether oxygens (including phenoxy) is 2. The average molecular weight is 289 g/mol. The summed E-state index contributed by atoms with van der Waals surface area (Å²) >= 11 is 3.38. The minimum absolute atomic E-state index is 0.0446. The highest BCUT2D eigenvalue weighted by atomic mass is 79.9. The normalized spacial score (nSPS) is 14.6. The third kappa shape index (κ3) is 3.77. The fraction of sp³-hybridized carbons (Fsp3) is 0.500. The van der Waals surface area contributed by atoms with Gasteiger partial charge in [-0.05, 0) is 26.0 Å². The number of rotatable bonds is 5. The van der Waals surface area contributed by atoms with Gasteiger partial charge in [-0.2, -0.15) is 0 Å². The number of benzene rings is 1. The van der Waals surface area contributed by atoms with Crippen molar-refractivity contribution in [2.45, 2.75) is 26.1 Å². The Balaban J connectivity index is 2.87. The molecule has 0 fully saturated rings. The van der Waals surface area contributed by atoms with Crippen molar-refractivity contribution in [3.63, 3.8) is 0 Å². The number of aliphatic hydroxyl groups is 1. The number of hydrogen-bond acceptors (Lipinski definition) is 3. The quantitative estimate of drug-likeness (QED) is 0.905. The fourth-order valence-corrected chi connectivity index (χ4v) is 1.78. The molecule has 2 atom stereocenters. The molecule has 0 spiro atoms. The summed E-state index contributed by atoms with van der Waals surface area (Å²) < 4.78 is 11.6. The fourth-order valence-electron chi connectivity index (χ4n) is 1.44. The van der Waals surface area contributed by atoms with Crippen LogP contribution in [0.3, 0.4) is 0 Å². The first-order valence-electron chi connectivity index (χ1n) is 5.17. The van der Waals surface area contributed by atoms with Crippen molar-refractivity contribution in [1.29, 1.82) is 0 Å². The number of aliphatic hydroxyl groups excluding tert-OH is 1. The van der Waals surface area contributed by atoms with Gasteiger partial charge < -0.3 is 14.6 Å². The lowest BCUT2D eigenvalue weighted by Gasteiger charge is -2.18. The van der Waals surface area contributed by atoms with Crippen LogP contribution in [0.15, 0.2) is 22.7 Å². The average Bonchev–Trinajstić information content (AvgIpc) is 2.17. The smallest absolute Gasteiger partial charge is 0.126 e. The van der Waals surface area contributed by atoms with E-state index < -0.39 is 6.10 Å². The lowest BCUT2D eigenvalue weighted by atomic mass is 10.1. The van der Waals surface area contributed by atoms with Gasteiger partial charge >= 0.3 is 0 Å². The zero-order valence-corrected chi connectivity index (χ0v) is 11.3. The Labute approximate surface area is 105 Å². The van der Waals surface area contributed by atoms with Crippen LogP contribution in [0, 0.1) is 0 Å². The van der Waals surface area contributed by atoms with E-state index >= 15 is 0 Å². The molecule has 16 heavy (non-hydrogen) atoms. The van der Waals surface area contributed by atoms with E-state index in [2.05, 4.69) is 15.9 Å². The second-order valence-corrected chi connectivity index (χ2v) is 4.66. The summed E-state index contributed by atoms with van der Waals surface area (Å²) in [4.78, 5) is 0. The number of halogens is 1. The molecule has 3 nitrogen and oxygen atoms in total. The van der Waals surface area contributed by atoms with Crippen LogP contribution < -0.4 is 4.74 Å². The summed E-state index contributed by atoms with van der Waals surface area (Å²) in [7, 11) is 1.64. The molecule has 0 radical (unpaired) electrons. The Kier molecular flexibility index (Phi) is 5.25. The highest BCUT2D eigenvalue weighted by Gasteiger charge is 2.12. The summed E-state index contributed by atoms with van der Waals surface area (Å²) in [6.07, 6.45) is -0.588. The van der Waals surface area contributed by atoms with E-state index in [9.17, 15) is 5.11 Å². The molecule has 0 bridgehead atoms. The van der Waals surface area contributed by atoms with E-state index in [4.69, 9.17) is 9.47 Å². The van der Waals surface area contributed by atoms with Gasteiger partial charge in [0.15, 0.2) is 0 Å². The van der Waals surface area contributed by atoms with Crippen LogP contribution in [0.1, 0.15) is 25.5 Å². The van der Waals surface area contributed by atoms with Gasteiger partial charge in [-0.1, -0.05) is 22.0 Å². The maximum Gasteiger partial charge on any atom is 0.126 e. The second kappa shape index (κ2) is 6.23. The predicted octanol–water partition coefficient (Wildman–Crippen LogP) is 2.92. The van der Waals surface area contributed by atoms with Crippen LogP contribution in [0.2, 0.25) is 0 Å². The highest BCUT2D eigenvalue weighted by molar-refractivity contribution is 9.10. The van der Waals surface area contributed by atoms with E-state index in [1.807, 2.05) is 25.1 Å². The van der Waals surface area contributed by atoms with Gasteiger partial charge in [-0.15, -0.1) is 0 Å². The second-order valence-electron chi connectivity index (χ2n) is 3.74. The van der Waals surface area contributed by atoms with Crippen molar-refractivity contribution in [2.75, 3.05) is 13.7 Å². The Morgan fingerprint density at radius 3 is 2.62 bits per heavy atom. The molecule has 1 N–H and O–H groups in total. The third-order valence-electron chi connectivity index (χ3n) is 2.16. The van der Waals surface area contributed by atoms with Crippen LogP contribution in [-0.4, -0.2) is 24.9 Å². The first kappa shape index (κ1) is 13.5. The van der Waals surface area contributed by atoms with E-state index in [1.165, 1.54) is 0 Å². The van der Waals surface area contributed by atoms with E-state index in [-0.39, 0.29) is 6.10 Å². The van der Waals surface area contributed by atoms with E-state index in [1.54, 1.807) is 14.0 Å². The topological polar surface area (TPSA) is 38.7 Å². The van der Waals surface area contributed by atoms with Gasteiger partial charge in [0.05, 0.1) is 12.7 Å². The van der Waals surface area contributed by atoms with Crippen LogP contribution in [0.4, 0.5) is 0 Å². The van der Waals surface area contributed by atoms with Crippen molar-refractivity contribution in [3.05, 3.63) is 28.2 Å². The molecule has 0 aromatic heterocycles. The summed E-state index contributed by atoms with van der Waals surface area (Å²) in [6, 6.07) is 5.59. The number of methoxy groups -OCH3 is 1. The molecule has 0 aliphatic rings. The summed E-state index contributed by atoms with van der Waals surface area (Å²) in [5, 5.41) is 9.61. The molecule has 0 aliphatic carbocycles. The minimum Gasteiger partial charge on any atom is -0.488 e. The van der Waals surface area contributed by atoms with Gasteiger partial charge in [0.25, 0.3) is 0 Å². The van der Waals surface area contributed by atoms with Gasteiger partial charge in [-0.25, -0.2) is 0 Å². The predicted molar refractivity (Wildman–Crippen MR) is 66.7 cm³/mol. The number of hydrogen-bond donors (Lipinski definition) is 1. The van der Waals surface area contributed by atoms with Crippen molar-refractivity contribution < 1.29 is 14.6 Å². The van der Waals surface area contributed by atoms with Crippen LogP contribution in [0.5, 0.6) is 5.75 Å². The van der Waals surface area contributed by atoms with Crippen molar-refractivity contribution in [2.24, 2.45) is 0 Å². The largest absolute Gasteiger partial charge is 0.488 e. The zero-order chi connectivity index (χ0) is 12.1. The Morgan fingerprint density at radius 2 is 2.06 bits per heavy atom. The first-order valence-corrected chi connectivity index (χ1v) is 5.97. The maximum absolute atomic E-state index is 9.61. The monoisotopic (exact) mass is 288 g/mol. The van der Waals surface area contributed by atoms with Crippen molar-refractivity contribution in [1.82, 2.24) is 0 Å². The lowest BCUT2D eigenvalue weighted by Crippen LogP contribution is -2.19. The molecule has 1 aromatic carbocycles. The highest BCUT2D eigenvalue weighted by Crippen LogP contribution is 2.29. The Hall–Kier alpha value is -0.580. The summed E-state index contributed by atoms with van der Waals surface area (Å²) in [5.74, 6) is 0.689. The van der Waals surface area contributed by atoms with Crippen LogP contribution in [-0.2, 0) is 4.74 Å². The van der Waals surface area contributed by atoms with Gasteiger partial charge in [0.2, 0.25) is 0 Å². The van der Waals surface area contributed by atoms with Crippen LogP contribution in [0.25, 0.3) is 0 Å². The molecule has 0 saturated heterocycles. The third-order valence-corrected chi connectivity index (χ3v) is 2.65. The first-order chi connectivity index (χ1) is 7.54. The Morgan fingerprint density at radius 1 is 1.38 bits per heavy atom. The molecular weight excluding hydrogens is 272 g/mol. The molecule has 1 unspecified atom stereocenters. The SMILES string of the molecule is COCC(C)Oc1cc(Br)ccc1[C@H](C)O. The maximum atomic E-state index is 9.61. The molecule has 1 aromatic rings. The van der Waals surface area contributed by atoms with Gasteiger partial charge in [0, 0.05) is 17.1 Å². The van der Waals surface area contributed by atoms with E-state index in [0.29, 0.717) is 12.4 Å². The summed E-state index contributed by atoms with van der Waals surface area (Å²) in [5.41, 5.74) is 0.783. The lowest BCUT2D eigenvalue weighted by molar-refractivity contribution is 0.0886. The van der Waals surface area contributed by atoms with E-state index in [0.717, 1.165) is 10.0 Å². The molecule has 0 aliphatic heterocycles. The standard InChI is InChI=1S/C12H17BrO3/c1-8(7-15-3)16-12-6-10(13)4-5-11(12)9(2)14/h4-6,8-9,14H,7H2,1-3H3/t8?,9-/m0/s1. The van der Waals surface area contributed by atoms with Crippen molar-refractivity contribution >= 4 is 15.9 Å². The van der Waals surface area contributed by atoms with Crippen LogP contribution >= 0.6 is 15.9 Å². The molecular formula is C12H17BrO3. The van der Waals surface area contributed by atoms with Crippen molar-refractivity contribution in [3.8, 4) is 5.75 Å². The van der Waals surface area contributed by atoms with Gasteiger partial charge in [-0.3, -0.25) is 0 Å². The molecule has 90 valence electrons. The molecule has 1 rings (SSSR count).